The summed E-state index contributed by atoms with van der Waals surface area (Å²) in [6, 6.07) is 0. The molecular formula is C15H25N3. The average Bonchev–Trinajstić information content (AvgIpc) is 2.71. The van der Waals surface area contributed by atoms with E-state index in [1.807, 2.05) is 6.20 Å². The number of aromatic nitrogens is 2. The van der Waals surface area contributed by atoms with Gasteiger partial charge in [-0.15, -0.1) is 0 Å². The van der Waals surface area contributed by atoms with E-state index in [0.717, 1.165) is 19.0 Å². The fraction of sp³-hybridized carbons (Fsp3) is 0.667. The Hall–Kier alpha value is -1.09. The SMILES string of the molecule is CCn1ncc(CN(C)CC2CC=CCC2)c1C. The van der Waals surface area contributed by atoms with E-state index in [0.29, 0.717) is 0 Å². The van der Waals surface area contributed by atoms with E-state index in [2.05, 4.69) is 47.7 Å². The zero-order chi connectivity index (χ0) is 13.0. The van der Waals surface area contributed by atoms with Gasteiger partial charge in [-0.25, -0.2) is 0 Å². The first-order valence-electron chi connectivity index (χ1n) is 7.05. The highest BCUT2D eigenvalue weighted by molar-refractivity contribution is 5.15. The average molecular weight is 247 g/mol. The molecule has 0 N–H and O–H groups in total. The Morgan fingerprint density at radius 2 is 2.28 bits per heavy atom. The zero-order valence-corrected chi connectivity index (χ0v) is 11.9. The third kappa shape index (κ3) is 3.22. The summed E-state index contributed by atoms with van der Waals surface area (Å²) in [5.41, 5.74) is 2.68. The van der Waals surface area contributed by atoms with E-state index >= 15 is 0 Å². The van der Waals surface area contributed by atoms with Gasteiger partial charge in [0.1, 0.15) is 0 Å². The van der Waals surface area contributed by atoms with Crippen LogP contribution >= 0.6 is 0 Å². The van der Waals surface area contributed by atoms with Crippen molar-refractivity contribution in [3.05, 3.63) is 29.6 Å². The Kier molecular flexibility index (Phi) is 4.59. The molecule has 0 saturated carbocycles. The van der Waals surface area contributed by atoms with Crippen LogP contribution in [-0.2, 0) is 13.1 Å². The van der Waals surface area contributed by atoms with Crippen molar-refractivity contribution >= 4 is 0 Å². The molecule has 1 unspecified atom stereocenters. The third-order valence-corrected chi connectivity index (χ3v) is 3.89. The number of hydrogen-bond acceptors (Lipinski definition) is 2. The molecule has 1 aliphatic rings. The molecule has 0 spiro atoms. The van der Waals surface area contributed by atoms with E-state index in [-0.39, 0.29) is 0 Å². The second kappa shape index (κ2) is 6.19. The molecule has 18 heavy (non-hydrogen) atoms. The molecular weight excluding hydrogens is 222 g/mol. The number of rotatable bonds is 5. The van der Waals surface area contributed by atoms with Gasteiger partial charge in [0.2, 0.25) is 0 Å². The second-order valence-corrected chi connectivity index (χ2v) is 5.42. The van der Waals surface area contributed by atoms with Crippen molar-refractivity contribution < 1.29 is 0 Å². The largest absolute Gasteiger partial charge is 0.302 e. The maximum Gasteiger partial charge on any atom is 0.0537 e. The van der Waals surface area contributed by atoms with E-state index in [1.165, 1.54) is 37.1 Å². The lowest BCUT2D eigenvalue weighted by atomic mass is 9.94. The van der Waals surface area contributed by atoms with Crippen LogP contribution in [0.1, 0.15) is 37.4 Å². The highest BCUT2D eigenvalue weighted by atomic mass is 15.3. The minimum absolute atomic E-state index is 0.835. The fourth-order valence-electron chi connectivity index (χ4n) is 2.78. The molecule has 3 heteroatoms. The summed E-state index contributed by atoms with van der Waals surface area (Å²) >= 11 is 0. The van der Waals surface area contributed by atoms with Crippen LogP contribution in [0.2, 0.25) is 0 Å². The molecule has 3 nitrogen and oxygen atoms in total. The molecule has 1 heterocycles. The maximum atomic E-state index is 4.41. The third-order valence-electron chi connectivity index (χ3n) is 3.89. The van der Waals surface area contributed by atoms with Crippen molar-refractivity contribution in [2.24, 2.45) is 5.92 Å². The van der Waals surface area contributed by atoms with Crippen molar-refractivity contribution in [3.8, 4) is 0 Å². The van der Waals surface area contributed by atoms with E-state index in [4.69, 9.17) is 0 Å². The summed E-state index contributed by atoms with van der Waals surface area (Å²) in [6.07, 6.45) is 10.5. The van der Waals surface area contributed by atoms with Gasteiger partial charge < -0.3 is 4.90 Å². The predicted molar refractivity (Wildman–Crippen MR) is 75.5 cm³/mol. The fourth-order valence-corrected chi connectivity index (χ4v) is 2.78. The van der Waals surface area contributed by atoms with Gasteiger partial charge in [-0.2, -0.15) is 5.10 Å². The lowest BCUT2D eigenvalue weighted by Crippen LogP contribution is -2.26. The van der Waals surface area contributed by atoms with E-state index in [1.54, 1.807) is 0 Å². The van der Waals surface area contributed by atoms with Crippen LogP contribution in [0, 0.1) is 12.8 Å². The standard InChI is InChI=1S/C15H25N3/c1-4-18-13(2)15(10-16-18)12-17(3)11-14-8-6-5-7-9-14/h5-6,10,14H,4,7-9,11-12H2,1-3H3. The number of nitrogens with zero attached hydrogens (tertiary/aromatic N) is 3. The van der Waals surface area contributed by atoms with Gasteiger partial charge in [-0.05, 0) is 46.1 Å². The quantitative estimate of drug-likeness (QED) is 0.746. The summed E-state index contributed by atoms with van der Waals surface area (Å²) in [5, 5.41) is 4.41. The molecule has 0 aromatic carbocycles. The first-order chi connectivity index (χ1) is 8.70. The highest BCUT2D eigenvalue weighted by Gasteiger charge is 2.14. The van der Waals surface area contributed by atoms with Crippen LogP contribution in [0.25, 0.3) is 0 Å². The molecule has 0 radical (unpaired) electrons. The van der Waals surface area contributed by atoms with Crippen molar-refractivity contribution in [1.29, 1.82) is 0 Å². The Bertz CT molecular complexity index is 406. The van der Waals surface area contributed by atoms with Gasteiger partial charge in [0.05, 0.1) is 6.20 Å². The molecule has 0 fully saturated rings. The van der Waals surface area contributed by atoms with Crippen LogP contribution in [0.3, 0.4) is 0 Å². The molecule has 1 aromatic heterocycles. The second-order valence-electron chi connectivity index (χ2n) is 5.42. The molecule has 1 aromatic rings. The first-order valence-corrected chi connectivity index (χ1v) is 7.05. The Labute approximate surface area is 110 Å². The molecule has 0 saturated heterocycles. The lowest BCUT2D eigenvalue weighted by molar-refractivity contribution is 0.258. The summed E-state index contributed by atoms with van der Waals surface area (Å²) in [4.78, 5) is 2.44. The zero-order valence-electron chi connectivity index (χ0n) is 11.9. The van der Waals surface area contributed by atoms with Crippen molar-refractivity contribution in [2.45, 2.75) is 46.2 Å². The van der Waals surface area contributed by atoms with Crippen LogP contribution < -0.4 is 0 Å². The lowest BCUT2D eigenvalue weighted by Gasteiger charge is -2.24. The van der Waals surface area contributed by atoms with E-state index < -0.39 is 0 Å². The Morgan fingerprint density at radius 1 is 1.44 bits per heavy atom. The minimum Gasteiger partial charge on any atom is -0.302 e. The Morgan fingerprint density at radius 3 is 2.89 bits per heavy atom. The van der Waals surface area contributed by atoms with Gasteiger partial charge in [-0.1, -0.05) is 12.2 Å². The number of hydrogen-bond donors (Lipinski definition) is 0. The van der Waals surface area contributed by atoms with Gasteiger partial charge in [0.15, 0.2) is 0 Å². The van der Waals surface area contributed by atoms with Crippen molar-refractivity contribution in [2.75, 3.05) is 13.6 Å². The molecule has 1 aliphatic carbocycles. The summed E-state index contributed by atoms with van der Waals surface area (Å²) in [7, 11) is 2.22. The number of aryl methyl sites for hydroxylation is 1. The highest BCUT2D eigenvalue weighted by Crippen LogP contribution is 2.20. The first kappa shape index (κ1) is 13.3. The van der Waals surface area contributed by atoms with Gasteiger partial charge in [0, 0.05) is 30.9 Å². The van der Waals surface area contributed by atoms with Gasteiger partial charge >= 0.3 is 0 Å². The summed E-state index contributed by atoms with van der Waals surface area (Å²) in [5.74, 6) is 0.835. The topological polar surface area (TPSA) is 21.1 Å². The van der Waals surface area contributed by atoms with Crippen molar-refractivity contribution in [1.82, 2.24) is 14.7 Å². The van der Waals surface area contributed by atoms with Gasteiger partial charge in [0.25, 0.3) is 0 Å². The van der Waals surface area contributed by atoms with E-state index in [9.17, 15) is 0 Å². The monoisotopic (exact) mass is 247 g/mol. The van der Waals surface area contributed by atoms with Crippen LogP contribution in [0.15, 0.2) is 18.3 Å². The smallest absolute Gasteiger partial charge is 0.0537 e. The Balaban J connectivity index is 1.88. The maximum absolute atomic E-state index is 4.41. The predicted octanol–water partition coefficient (Wildman–Crippen LogP) is 3.00. The summed E-state index contributed by atoms with van der Waals surface area (Å²) < 4.78 is 2.08. The number of allylic oxidation sites excluding steroid dienone is 2. The van der Waals surface area contributed by atoms with Crippen molar-refractivity contribution in [3.63, 3.8) is 0 Å². The molecule has 1 atom stereocenters. The van der Waals surface area contributed by atoms with Crippen LogP contribution in [0.4, 0.5) is 0 Å². The van der Waals surface area contributed by atoms with Gasteiger partial charge in [-0.3, -0.25) is 4.68 Å². The molecule has 2 rings (SSSR count). The minimum atomic E-state index is 0.835. The molecule has 0 amide bonds. The molecule has 100 valence electrons. The normalized spacial score (nSPS) is 19.7. The summed E-state index contributed by atoms with van der Waals surface area (Å²) in [6.45, 7) is 7.49. The molecule has 0 aliphatic heterocycles. The molecule has 0 bridgehead atoms. The van der Waals surface area contributed by atoms with Crippen LogP contribution in [0.5, 0.6) is 0 Å². The van der Waals surface area contributed by atoms with Crippen LogP contribution in [-0.4, -0.2) is 28.3 Å².